The first-order valence-electron chi connectivity index (χ1n) is 5.95. The van der Waals surface area contributed by atoms with Gasteiger partial charge in [0.1, 0.15) is 0 Å². The van der Waals surface area contributed by atoms with Crippen LogP contribution in [-0.4, -0.2) is 23.5 Å². The molecule has 3 N–H and O–H groups in total. The van der Waals surface area contributed by atoms with Crippen LogP contribution in [0.2, 0.25) is 0 Å². The molecular formula is C13H18N2OS. The minimum absolute atomic E-state index is 0.360. The van der Waals surface area contributed by atoms with Crippen molar-refractivity contribution in [3.05, 3.63) is 35.4 Å². The molecule has 2 rings (SSSR count). The Bertz CT molecular complexity index is 389. The lowest BCUT2D eigenvalue weighted by Gasteiger charge is -2.22. The molecule has 1 fully saturated rings. The van der Waals surface area contributed by atoms with Gasteiger partial charge in [-0.05, 0) is 42.0 Å². The van der Waals surface area contributed by atoms with Gasteiger partial charge in [-0.3, -0.25) is 4.79 Å². The standard InChI is InChI=1S/C13H18N2OS/c14-13(16)11-3-1-2-10(8-11)9-15-12-4-6-17-7-5-12/h1-3,8,12,15H,4-7,9H2,(H2,14,16). The lowest BCUT2D eigenvalue weighted by molar-refractivity contribution is 0.1000. The van der Waals surface area contributed by atoms with Crippen LogP contribution in [0.5, 0.6) is 0 Å². The molecule has 17 heavy (non-hydrogen) atoms. The topological polar surface area (TPSA) is 55.1 Å². The van der Waals surface area contributed by atoms with Crippen molar-refractivity contribution in [2.75, 3.05) is 11.5 Å². The first kappa shape index (κ1) is 12.5. The van der Waals surface area contributed by atoms with E-state index < -0.39 is 0 Å². The lowest BCUT2D eigenvalue weighted by Crippen LogP contribution is -2.32. The predicted octanol–water partition coefficient (Wildman–Crippen LogP) is 1.77. The van der Waals surface area contributed by atoms with Crippen molar-refractivity contribution in [1.29, 1.82) is 0 Å². The molecule has 0 saturated carbocycles. The second kappa shape index (κ2) is 6.07. The van der Waals surface area contributed by atoms with E-state index in [0.29, 0.717) is 11.6 Å². The Labute approximate surface area is 106 Å². The average Bonchev–Trinajstić information content (AvgIpc) is 2.38. The highest BCUT2D eigenvalue weighted by molar-refractivity contribution is 7.99. The normalized spacial score (nSPS) is 16.9. The molecule has 1 aromatic carbocycles. The summed E-state index contributed by atoms with van der Waals surface area (Å²) in [7, 11) is 0. The second-order valence-corrected chi connectivity index (χ2v) is 5.56. The van der Waals surface area contributed by atoms with Crippen molar-refractivity contribution in [3.63, 3.8) is 0 Å². The number of nitrogens with one attached hydrogen (secondary N) is 1. The summed E-state index contributed by atoms with van der Waals surface area (Å²) in [6.45, 7) is 0.816. The number of primary amides is 1. The quantitative estimate of drug-likeness (QED) is 0.856. The molecule has 1 aliphatic rings. The second-order valence-electron chi connectivity index (χ2n) is 4.33. The number of rotatable bonds is 4. The molecule has 1 heterocycles. The minimum atomic E-state index is -0.360. The highest BCUT2D eigenvalue weighted by atomic mass is 32.2. The van der Waals surface area contributed by atoms with E-state index in [1.165, 1.54) is 24.3 Å². The van der Waals surface area contributed by atoms with E-state index in [0.717, 1.165) is 12.1 Å². The van der Waals surface area contributed by atoms with Gasteiger partial charge in [-0.1, -0.05) is 12.1 Å². The third kappa shape index (κ3) is 3.75. The Balaban J connectivity index is 1.89. The van der Waals surface area contributed by atoms with Crippen molar-refractivity contribution < 1.29 is 4.79 Å². The van der Waals surface area contributed by atoms with Crippen molar-refractivity contribution in [1.82, 2.24) is 5.32 Å². The summed E-state index contributed by atoms with van der Waals surface area (Å²) in [5, 5.41) is 3.54. The SMILES string of the molecule is NC(=O)c1cccc(CNC2CCSCC2)c1. The summed E-state index contributed by atoms with van der Waals surface area (Å²) >= 11 is 2.03. The monoisotopic (exact) mass is 250 g/mol. The summed E-state index contributed by atoms with van der Waals surface area (Å²) in [5.41, 5.74) is 6.97. The third-order valence-electron chi connectivity index (χ3n) is 3.03. The lowest BCUT2D eigenvalue weighted by atomic mass is 10.1. The molecular weight excluding hydrogens is 232 g/mol. The molecule has 0 bridgehead atoms. The molecule has 0 atom stereocenters. The molecule has 0 aromatic heterocycles. The van der Waals surface area contributed by atoms with Crippen LogP contribution in [0, 0.1) is 0 Å². The van der Waals surface area contributed by atoms with Gasteiger partial charge in [0.05, 0.1) is 0 Å². The highest BCUT2D eigenvalue weighted by Crippen LogP contribution is 2.17. The van der Waals surface area contributed by atoms with Crippen molar-refractivity contribution >= 4 is 17.7 Å². The molecule has 0 radical (unpaired) electrons. The van der Waals surface area contributed by atoms with Gasteiger partial charge in [-0.2, -0.15) is 11.8 Å². The summed E-state index contributed by atoms with van der Waals surface area (Å²) in [6, 6.07) is 8.15. The van der Waals surface area contributed by atoms with Gasteiger partial charge in [0.15, 0.2) is 0 Å². The fraction of sp³-hybridized carbons (Fsp3) is 0.462. The molecule has 1 saturated heterocycles. The molecule has 0 spiro atoms. The van der Waals surface area contributed by atoms with E-state index in [9.17, 15) is 4.79 Å². The summed E-state index contributed by atoms with van der Waals surface area (Å²) < 4.78 is 0. The van der Waals surface area contributed by atoms with Gasteiger partial charge in [0.25, 0.3) is 0 Å². The van der Waals surface area contributed by atoms with Gasteiger partial charge < -0.3 is 11.1 Å². The molecule has 1 aromatic rings. The van der Waals surface area contributed by atoms with Crippen molar-refractivity contribution in [2.24, 2.45) is 5.73 Å². The number of thioether (sulfide) groups is 1. The van der Waals surface area contributed by atoms with Crippen LogP contribution in [0.15, 0.2) is 24.3 Å². The molecule has 0 aliphatic carbocycles. The number of carbonyl (C=O) groups is 1. The van der Waals surface area contributed by atoms with Crippen LogP contribution >= 0.6 is 11.8 Å². The Hall–Kier alpha value is -1.00. The van der Waals surface area contributed by atoms with E-state index in [1.54, 1.807) is 6.07 Å². The van der Waals surface area contributed by atoms with Crippen molar-refractivity contribution in [3.8, 4) is 0 Å². The van der Waals surface area contributed by atoms with Crippen LogP contribution in [0.4, 0.5) is 0 Å². The van der Waals surface area contributed by atoms with Crippen LogP contribution in [-0.2, 0) is 6.54 Å². The molecule has 1 amide bonds. The number of hydrogen-bond acceptors (Lipinski definition) is 3. The number of benzene rings is 1. The first-order chi connectivity index (χ1) is 8.25. The Morgan fingerprint density at radius 3 is 2.88 bits per heavy atom. The Morgan fingerprint density at radius 2 is 2.18 bits per heavy atom. The van der Waals surface area contributed by atoms with Crippen LogP contribution in [0.3, 0.4) is 0 Å². The van der Waals surface area contributed by atoms with Crippen LogP contribution in [0.25, 0.3) is 0 Å². The number of hydrogen-bond donors (Lipinski definition) is 2. The van der Waals surface area contributed by atoms with E-state index >= 15 is 0 Å². The maximum atomic E-state index is 11.1. The first-order valence-corrected chi connectivity index (χ1v) is 7.11. The minimum Gasteiger partial charge on any atom is -0.366 e. The number of carbonyl (C=O) groups excluding carboxylic acids is 1. The molecule has 3 nitrogen and oxygen atoms in total. The summed E-state index contributed by atoms with van der Waals surface area (Å²) in [4.78, 5) is 11.1. The fourth-order valence-electron chi connectivity index (χ4n) is 2.00. The van der Waals surface area contributed by atoms with Crippen LogP contribution in [0.1, 0.15) is 28.8 Å². The highest BCUT2D eigenvalue weighted by Gasteiger charge is 2.12. The molecule has 4 heteroatoms. The third-order valence-corrected chi connectivity index (χ3v) is 4.08. The van der Waals surface area contributed by atoms with E-state index in [-0.39, 0.29) is 5.91 Å². The van der Waals surface area contributed by atoms with Gasteiger partial charge in [0, 0.05) is 18.2 Å². The summed E-state index contributed by atoms with van der Waals surface area (Å²) in [5.74, 6) is 2.14. The Kier molecular flexibility index (Phi) is 4.45. The number of nitrogens with two attached hydrogens (primary N) is 1. The molecule has 0 unspecified atom stereocenters. The van der Waals surface area contributed by atoms with Gasteiger partial charge in [-0.25, -0.2) is 0 Å². The zero-order valence-electron chi connectivity index (χ0n) is 9.82. The van der Waals surface area contributed by atoms with Gasteiger partial charge >= 0.3 is 0 Å². The van der Waals surface area contributed by atoms with Crippen molar-refractivity contribution in [2.45, 2.75) is 25.4 Å². The van der Waals surface area contributed by atoms with Gasteiger partial charge in [0.2, 0.25) is 5.91 Å². The fourth-order valence-corrected chi connectivity index (χ4v) is 3.10. The average molecular weight is 250 g/mol. The van der Waals surface area contributed by atoms with Gasteiger partial charge in [-0.15, -0.1) is 0 Å². The van der Waals surface area contributed by atoms with Crippen LogP contribution < -0.4 is 11.1 Å². The molecule has 1 aliphatic heterocycles. The number of amides is 1. The zero-order valence-corrected chi connectivity index (χ0v) is 10.6. The summed E-state index contributed by atoms with van der Waals surface area (Å²) in [6.07, 6.45) is 2.47. The molecule has 92 valence electrons. The maximum absolute atomic E-state index is 11.1. The maximum Gasteiger partial charge on any atom is 0.248 e. The largest absolute Gasteiger partial charge is 0.366 e. The zero-order chi connectivity index (χ0) is 12.1. The smallest absolute Gasteiger partial charge is 0.248 e. The predicted molar refractivity (Wildman–Crippen MR) is 72.1 cm³/mol. The Morgan fingerprint density at radius 1 is 1.41 bits per heavy atom. The van der Waals surface area contributed by atoms with E-state index in [2.05, 4.69) is 5.32 Å². The van der Waals surface area contributed by atoms with E-state index in [4.69, 9.17) is 5.73 Å². The van der Waals surface area contributed by atoms with E-state index in [1.807, 2.05) is 30.0 Å².